The number of carbonyl (C=O) groups excluding carboxylic acids is 4. The Bertz CT molecular complexity index is 2400. The number of unbranched alkanes of at least 4 members (excludes halogenated alkanes) is 2. The molecule has 2 aromatic carbocycles. The molecule has 4 heterocycles. The molecule has 4 aromatic rings. The quantitative estimate of drug-likeness (QED) is 0.0471. The third-order valence-corrected chi connectivity index (χ3v) is 11.7. The molecule has 378 valence electrons. The largest absolute Gasteiger partial charge is 0.491 e. The summed E-state index contributed by atoms with van der Waals surface area (Å²) in [4.78, 5) is 56.5. The number of fused-ring (bicyclic) bond motifs is 2. The molecule has 2 N–H and O–H groups in total. The van der Waals surface area contributed by atoms with Crippen LogP contribution in [0.1, 0.15) is 58.9 Å². The first-order valence-corrected chi connectivity index (χ1v) is 23.4. The van der Waals surface area contributed by atoms with E-state index in [4.69, 9.17) is 33.2 Å². The van der Waals surface area contributed by atoms with E-state index in [1.165, 1.54) is 20.4 Å². The number of hydrazine groups is 1. The van der Waals surface area contributed by atoms with Crippen molar-refractivity contribution >= 4 is 51.8 Å². The Labute approximate surface area is 396 Å². The van der Waals surface area contributed by atoms with Crippen LogP contribution >= 0.6 is 0 Å². The molecule has 26 heteroatoms. The monoisotopic (exact) mass is 995 g/mol. The second kappa shape index (κ2) is 26.5. The highest BCUT2D eigenvalue weighted by Crippen LogP contribution is 2.39. The van der Waals surface area contributed by atoms with Gasteiger partial charge in [0.1, 0.15) is 23.5 Å². The van der Waals surface area contributed by atoms with Crippen molar-refractivity contribution in [2.45, 2.75) is 43.7 Å². The van der Waals surface area contributed by atoms with Crippen molar-refractivity contribution in [3.05, 3.63) is 59.3 Å². The fourth-order valence-corrected chi connectivity index (χ4v) is 8.23. The topological polar surface area (TPSA) is 244 Å². The van der Waals surface area contributed by atoms with Crippen LogP contribution in [0, 0.1) is 0 Å². The van der Waals surface area contributed by atoms with Crippen LogP contribution in [0.3, 0.4) is 0 Å². The van der Waals surface area contributed by atoms with Crippen LogP contribution in [0.2, 0.25) is 0 Å². The minimum absolute atomic E-state index is 0.00376. The van der Waals surface area contributed by atoms with Gasteiger partial charge in [-0.15, -0.1) is 5.10 Å². The number of aldehydes is 1. The third kappa shape index (κ3) is 14.9. The number of hydrogen-bond acceptors (Lipinski definition) is 18. The molecule has 22 nitrogen and oxygen atoms in total. The van der Waals surface area contributed by atoms with E-state index < -0.39 is 50.2 Å². The summed E-state index contributed by atoms with van der Waals surface area (Å²) in [5, 5.41) is 4.67. The maximum absolute atomic E-state index is 14.0. The predicted octanol–water partition coefficient (Wildman–Crippen LogP) is 3.25. The van der Waals surface area contributed by atoms with Gasteiger partial charge in [-0.25, -0.2) is 13.1 Å². The summed E-state index contributed by atoms with van der Waals surface area (Å²) in [6, 6.07) is 7.77. The predicted molar refractivity (Wildman–Crippen MR) is 240 cm³/mol. The van der Waals surface area contributed by atoms with Gasteiger partial charge in [-0.05, 0) is 43.2 Å². The Morgan fingerprint density at radius 1 is 0.797 bits per heavy atom. The number of nitrogens with one attached hydrogen (secondary N) is 2. The lowest BCUT2D eigenvalue weighted by molar-refractivity contribution is -0.140. The number of aromatic nitrogens is 4. The SMILES string of the molecule is CCCCC=O.COc1cnc(OC)n2nc(NS(=O)(=O)c3c(OCCOCCOCCOCCOCCCN4CCN(c5ccc6c(c5)C(=O)N(NC=O)C6=O)CC4)cccc3C(F)(F)F)nc12. The summed E-state index contributed by atoms with van der Waals surface area (Å²) in [5.74, 6) is -2.14. The number of alkyl halides is 3. The number of ether oxygens (including phenoxy) is 7. The number of hydrogen-bond donors (Lipinski definition) is 2. The average Bonchev–Trinajstić information content (AvgIpc) is 3.86. The fraction of sp³-hybridized carbons (Fsp3) is 0.512. The number of rotatable bonds is 28. The summed E-state index contributed by atoms with van der Waals surface area (Å²) >= 11 is 0. The standard InChI is InChI=1S/C38H46F3N9O12S.C5H10O/c1-56-31-24-42-37(57-2)49-33(31)44-36(45-49)46-63(54,55)32-29(38(39,40)41)5-3-6-30(32)62-22-21-61-20-19-60-18-17-59-16-15-58-14-4-9-47-10-12-48(13-11-47)26-7-8-27-28(23-26)35(53)50(34(27)52)43-25-51;1-2-3-4-5-6/h3,5-8,23-25H,4,9-22H2,1-2H3,(H,43,51)(H,45,46);5H,2-4H2,1H3. The maximum atomic E-state index is 14.0. The normalized spacial score (nSPS) is 14.1. The fourth-order valence-electron chi connectivity index (χ4n) is 6.93. The van der Waals surface area contributed by atoms with Crippen molar-refractivity contribution in [1.82, 2.24) is 34.9 Å². The molecule has 0 spiro atoms. The Balaban J connectivity index is 0.00000139. The van der Waals surface area contributed by atoms with Gasteiger partial charge in [0.05, 0.1) is 83.4 Å². The molecule has 6 rings (SSSR count). The molecule has 0 radical (unpaired) electrons. The van der Waals surface area contributed by atoms with E-state index in [1.54, 1.807) is 12.1 Å². The van der Waals surface area contributed by atoms with E-state index in [0.717, 1.165) is 87.0 Å². The molecular formula is C43H56F3N9O13S. The summed E-state index contributed by atoms with van der Waals surface area (Å²) < 4.78 is 110. The highest BCUT2D eigenvalue weighted by atomic mass is 32.2. The van der Waals surface area contributed by atoms with Crippen molar-refractivity contribution in [2.24, 2.45) is 0 Å². The van der Waals surface area contributed by atoms with Crippen molar-refractivity contribution in [3.8, 4) is 17.5 Å². The third-order valence-electron chi connectivity index (χ3n) is 10.3. The lowest BCUT2D eigenvalue weighted by Gasteiger charge is -2.36. The minimum atomic E-state index is -5.05. The second-order valence-electron chi connectivity index (χ2n) is 14.9. The first-order valence-electron chi connectivity index (χ1n) is 21.9. The number of amides is 3. The van der Waals surface area contributed by atoms with Gasteiger partial charge >= 0.3 is 12.2 Å². The first kappa shape index (κ1) is 53.8. The maximum Gasteiger partial charge on any atom is 0.417 e. The van der Waals surface area contributed by atoms with E-state index in [1.807, 2.05) is 10.8 Å². The smallest absolute Gasteiger partial charge is 0.417 e. The highest BCUT2D eigenvalue weighted by molar-refractivity contribution is 7.92. The molecular weight excluding hydrogens is 940 g/mol. The van der Waals surface area contributed by atoms with E-state index in [-0.39, 0.29) is 61.6 Å². The summed E-state index contributed by atoms with van der Waals surface area (Å²) in [5.41, 5.74) is 2.04. The van der Waals surface area contributed by atoms with Crippen LogP contribution in [0.5, 0.6) is 17.5 Å². The molecule has 3 amide bonds. The van der Waals surface area contributed by atoms with Gasteiger partial charge in [0.2, 0.25) is 12.1 Å². The molecule has 2 aromatic heterocycles. The minimum Gasteiger partial charge on any atom is -0.491 e. The molecule has 0 aliphatic carbocycles. The van der Waals surface area contributed by atoms with Gasteiger partial charge in [-0.1, -0.05) is 19.4 Å². The lowest BCUT2D eigenvalue weighted by Crippen LogP contribution is -2.46. The van der Waals surface area contributed by atoms with Crippen LogP contribution in [-0.4, -0.2) is 169 Å². The van der Waals surface area contributed by atoms with Crippen LogP contribution in [0.25, 0.3) is 5.65 Å². The van der Waals surface area contributed by atoms with Crippen LogP contribution in [-0.2, 0) is 44.7 Å². The summed E-state index contributed by atoms with van der Waals surface area (Å²) in [7, 11) is -2.37. The van der Waals surface area contributed by atoms with E-state index in [2.05, 4.69) is 37.2 Å². The Kier molecular flexibility index (Phi) is 20.7. The molecule has 2 aliphatic rings. The van der Waals surface area contributed by atoms with Crippen LogP contribution in [0.4, 0.5) is 24.8 Å². The van der Waals surface area contributed by atoms with Gasteiger partial charge in [0, 0.05) is 51.4 Å². The number of nitrogens with zero attached hydrogens (tertiary/aromatic N) is 7. The average molecular weight is 996 g/mol. The lowest BCUT2D eigenvalue weighted by atomic mass is 10.1. The molecule has 0 bridgehead atoms. The number of sulfonamides is 1. The van der Waals surface area contributed by atoms with Crippen LogP contribution in [0.15, 0.2) is 47.5 Å². The molecule has 69 heavy (non-hydrogen) atoms. The number of carbonyl (C=O) groups is 4. The van der Waals surface area contributed by atoms with Crippen LogP contribution < -0.4 is 29.3 Å². The van der Waals surface area contributed by atoms with Crippen molar-refractivity contribution in [1.29, 1.82) is 0 Å². The van der Waals surface area contributed by atoms with Gasteiger partial charge in [0.15, 0.2) is 5.75 Å². The first-order chi connectivity index (χ1) is 33.3. The summed E-state index contributed by atoms with van der Waals surface area (Å²) in [6.45, 7) is 8.05. The van der Waals surface area contributed by atoms with Crippen molar-refractivity contribution < 1.29 is 73.9 Å². The zero-order valence-electron chi connectivity index (χ0n) is 38.4. The second-order valence-corrected chi connectivity index (χ2v) is 16.6. The van der Waals surface area contributed by atoms with Crippen molar-refractivity contribution in [2.75, 3.05) is 116 Å². The number of piperazine rings is 1. The van der Waals surface area contributed by atoms with E-state index in [9.17, 15) is 40.8 Å². The zero-order valence-corrected chi connectivity index (χ0v) is 39.2. The highest BCUT2D eigenvalue weighted by Gasteiger charge is 2.40. The Hall–Kier alpha value is -6.19. The Morgan fingerprint density at radius 2 is 1.45 bits per heavy atom. The summed E-state index contributed by atoms with van der Waals surface area (Å²) in [6.07, 6.45) is 1.20. The molecule has 1 fully saturated rings. The number of halogens is 3. The van der Waals surface area contributed by atoms with Crippen molar-refractivity contribution in [3.63, 3.8) is 0 Å². The van der Waals surface area contributed by atoms with Gasteiger partial charge in [-0.2, -0.15) is 32.7 Å². The number of imide groups is 1. The zero-order chi connectivity index (χ0) is 49.8. The Morgan fingerprint density at radius 3 is 2.04 bits per heavy atom. The number of anilines is 2. The molecule has 0 saturated carbocycles. The molecule has 2 aliphatic heterocycles. The molecule has 0 atom stereocenters. The van der Waals surface area contributed by atoms with Gasteiger partial charge < -0.3 is 42.9 Å². The molecule has 0 unspecified atom stereocenters. The van der Waals surface area contributed by atoms with Gasteiger partial charge in [-0.3, -0.25) is 24.7 Å². The number of methoxy groups -OCH3 is 2. The van der Waals surface area contributed by atoms with E-state index in [0.29, 0.717) is 43.9 Å². The van der Waals surface area contributed by atoms with Gasteiger partial charge in [0.25, 0.3) is 27.8 Å². The number of benzene rings is 2. The molecule has 1 saturated heterocycles. The van der Waals surface area contributed by atoms with E-state index >= 15 is 0 Å².